The molecule has 1 heterocycles. The first kappa shape index (κ1) is 11.0. The summed E-state index contributed by atoms with van der Waals surface area (Å²) in [6, 6.07) is 0.354. The fourth-order valence-corrected chi connectivity index (χ4v) is 2.16. The summed E-state index contributed by atoms with van der Waals surface area (Å²) in [6.45, 7) is 6.29. The van der Waals surface area contributed by atoms with Crippen molar-refractivity contribution in [1.82, 2.24) is 0 Å². The predicted molar refractivity (Wildman–Crippen MR) is 55.6 cm³/mol. The molecule has 0 bridgehead atoms. The summed E-state index contributed by atoms with van der Waals surface area (Å²) in [7, 11) is 0. The van der Waals surface area contributed by atoms with Gasteiger partial charge in [-0.1, -0.05) is 13.3 Å². The van der Waals surface area contributed by atoms with Crippen LogP contribution >= 0.6 is 0 Å². The lowest BCUT2D eigenvalue weighted by Gasteiger charge is -2.27. The minimum Gasteiger partial charge on any atom is -0.381 e. The molecule has 0 aromatic rings. The molecule has 1 aliphatic rings. The van der Waals surface area contributed by atoms with Gasteiger partial charge in [0.05, 0.1) is 0 Å². The van der Waals surface area contributed by atoms with Crippen molar-refractivity contribution in [3.8, 4) is 0 Å². The van der Waals surface area contributed by atoms with Crippen LogP contribution in [0, 0.1) is 11.8 Å². The van der Waals surface area contributed by atoms with Gasteiger partial charge in [-0.15, -0.1) is 0 Å². The molecule has 0 radical (unpaired) electrons. The molecule has 1 fully saturated rings. The average Bonchev–Trinajstić information content (AvgIpc) is 2.15. The third kappa shape index (κ3) is 3.65. The van der Waals surface area contributed by atoms with Crippen molar-refractivity contribution in [2.75, 3.05) is 13.2 Å². The van der Waals surface area contributed by atoms with Crippen molar-refractivity contribution in [2.45, 2.75) is 45.6 Å². The smallest absolute Gasteiger partial charge is 0.0468 e. The second kappa shape index (κ2) is 5.61. The topological polar surface area (TPSA) is 35.2 Å². The summed E-state index contributed by atoms with van der Waals surface area (Å²) in [5.74, 6) is 1.58. The Hall–Kier alpha value is -0.0800. The molecule has 0 aromatic carbocycles. The number of hydrogen-bond acceptors (Lipinski definition) is 2. The van der Waals surface area contributed by atoms with Crippen LogP contribution in [0.25, 0.3) is 0 Å². The molecule has 2 unspecified atom stereocenters. The molecule has 1 saturated heterocycles. The van der Waals surface area contributed by atoms with Crippen LogP contribution in [0.4, 0.5) is 0 Å². The zero-order chi connectivity index (χ0) is 9.68. The molecular formula is C11H23NO. The van der Waals surface area contributed by atoms with E-state index in [1.54, 1.807) is 0 Å². The molecule has 0 saturated carbocycles. The van der Waals surface area contributed by atoms with Crippen molar-refractivity contribution in [3.05, 3.63) is 0 Å². The minimum atomic E-state index is 0.354. The Kier molecular flexibility index (Phi) is 4.74. The number of nitrogens with two attached hydrogens (primary N) is 1. The SMILES string of the molecule is CCC(CC1CCOCC1)C(C)N. The van der Waals surface area contributed by atoms with Crippen LogP contribution in [0.5, 0.6) is 0 Å². The number of hydrogen-bond donors (Lipinski definition) is 1. The van der Waals surface area contributed by atoms with Crippen molar-refractivity contribution in [3.63, 3.8) is 0 Å². The van der Waals surface area contributed by atoms with Crippen molar-refractivity contribution in [2.24, 2.45) is 17.6 Å². The second-order valence-corrected chi connectivity index (χ2v) is 4.32. The van der Waals surface area contributed by atoms with Crippen LogP contribution in [-0.4, -0.2) is 19.3 Å². The van der Waals surface area contributed by atoms with Gasteiger partial charge in [0.25, 0.3) is 0 Å². The maximum absolute atomic E-state index is 5.93. The number of rotatable bonds is 4. The summed E-state index contributed by atoms with van der Waals surface area (Å²) < 4.78 is 5.34. The van der Waals surface area contributed by atoms with E-state index in [0.717, 1.165) is 19.1 Å². The van der Waals surface area contributed by atoms with Crippen LogP contribution in [-0.2, 0) is 4.74 Å². The molecule has 1 aliphatic heterocycles. The molecular weight excluding hydrogens is 162 g/mol. The fraction of sp³-hybridized carbons (Fsp3) is 1.00. The standard InChI is InChI=1S/C11H23NO/c1-3-11(9(2)12)8-10-4-6-13-7-5-10/h9-11H,3-8,12H2,1-2H3. The highest BCUT2D eigenvalue weighted by molar-refractivity contribution is 4.73. The summed E-state index contributed by atoms with van der Waals surface area (Å²) >= 11 is 0. The van der Waals surface area contributed by atoms with E-state index in [9.17, 15) is 0 Å². The second-order valence-electron chi connectivity index (χ2n) is 4.32. The zero-order valence-electron chi connectivity index (χ0n) is 8.96. The summed E-state index contributed by atoms with van der Waals surface area (Å²) in [5, 5.41) is 0. The third-order valence-corrected chi connectivity index (χ3v) is 3.24. The highest BCUT2D eigenvalue weighted by atomic mass is 16.5. The summed E-state index contributed by atoms with van der Waals surface area (Å²) in [6.07, 6.45) is 5.00. The fourth-order valence-electron chi connectivity index (χ4n) is 2.16. The lowest BCUT2D eigenvalue weighted by molar-refractivity contribution is 0.0571. The Morgan fingerprint density at radius 3 is 2.46 bits per heavy atom. The van der Waals surface area contributed by atoms with Gasteiger partial charge in [0, 0.05) is 19.3 Å². The Labute approximate surface area is 81.8 Å². The van der Waals surface area contributed by atoms with E-state index in [1.165, 1.54) is 25.7 Å². The van der Waals surface area contributed by atoms with E-state index in [2.05, 4.69) is 13.8 Å². The normalized spacial score (nSPS) is 24.2. The van der Waals surface area contributed by atoms with Gasteiger partial charge in [0.1, 0.15) is 0 Å². The first-order valence-corrected chi connectivity index (χ1v) is 5.57. The van der Waals surface area contributed by atoms with Gasteiger partial charge in [-0.2, -0.15) is 0 Å². The third-order valence-electron chi connectivity index (χ3n) is 3.24. The molecule has 78 valence electrons. The molecule has 2 heteroatoms. The minimum absolute atomic E-state index is 0.354. The highest BCUT2D eigenvalue weighted by Gasteiger charge is 2.20. The Morgan fingerprint density at radius 2 is 2.00 bits per heavy atom. The zero-order valence-corrected chi connectivity index (χ0v) is 8.96. The maximum Gasteiger partial charge on any atom is 0.0468 e. The lowest BCUT2D eigenvalue weighted by atomic mass is 9.84. The molecule has 0 spiro atoms. The summed E-state index contributed by atoms with van der Waals surface area (Å²) in [5.41, 5.74) is 5.93. The van der Waals surface area contributed by atoms with Crippen LogP contribution in [0.2, 0.25) is 0 Å². The van der Waals surface area contributed by atoms with E-state index >= 15 is 0 Å². The molecule has 0 aliphatic carbocycles. The van der Waals surface area contributed by atoms with Gasteiger partial charge in [0.15, 0.2) is 0 Å². The van der Waals surface area contributed by atoms with Crippen molar-refractivity contribution < 1.29 is 4.74 Å². The molecule has 0 amide bonds. The lowest BCUT2D eigenvalue weighted by Crippen LogP contribution is -2.29. The van der Waals surface area contributed by atoms with Gasteiger partial charge in [-0.3, -0.25) is 0 Å². The molecule has 13 heavy (non-hydrogen) atoms. The monoisotopic (exact) mass is 185 g/mol. The quantitative estimate of drug-likeness (QED) is 0.728. The van der Waals surface area contributed by atoms with Crippen LogP contribution in [0.3, 0.4) is 0 Å². The Morgan fingerprint density at radius 1 is 1.38 bits per heavy atom. The number of ether oxygens (including phenoxy) is 1. The molecule has 2 nitrogen and oxygen atoms in total. The van der Waals surface area contributed by atoms with Gasteiger partial charge >= 0.3 is 0 Å². The highest BCUT2D eigenvalue weighted by Crippen LogP contribution is 2.25. The first-order chi connectivity index (χ1) is 6.24. The largest absolute Gasteiger partial charge is 0.381 e. The van der Waals surface area contributed by atoms with E-state index in [1.807, 2.05) is 0 Å². The average molecular weight is 185 g/mol. The van der Waals surface area contributed by atoms with E-state index < -0.39 is 0 Å². The van der Waals surface area contributed by atoms with Crippen molar-refractivity contribution in [1.29, 1.82) is 0 Å². The van der Waals surface area contributed by atoms with Gasteiger partial charge in [-0.25, -0.2) is 0 Å². The summed E-state index contributed by atoms with van der Waals surface area (Å²) in [4.78, 5) is 0. The first-order valence-electron chi connectivity index (χ1n) is 5.57. The van der Waals surface area contributed by atoms with E-state index in [-0.39, 0.29) is 0 Å². The van der Waals surface area contributed by atoms with Crippen LogP contribution in [0.1, 0.15) is 39.5 Å². The molecule has 2 N–H and O–H groups in total. The van der Waals surface area contributed by atoms with Gasteiger partial charge < -0.3 is 10.5 Å². The predicted octanol–water partition coefficient (Wildman–Crippen LogP) is 2.18. The van der Waals surface area contributed by atoms with Crippen LogP contribution in [0.15, 0.2) is 0 Å². The van der Waals surface area contributed by atoms with E-state index in [4.69, 9.17) is 10.5 Å². The van der Waals surface area contributed by atoms with Gasteiger partial charge in [0.2, 0.25) is 0 Å². The van der Waals surface area contributed by atoms with Crippen LogP contribution < -0.4 is 5.73 Å². The van der Waals surface area contributed by atoms with Gasteiger partial charge in [-0.05, 0) is 38.0 Å². The molecule has 0 aromatic heterocycles. The molecule has 1 rings (SSSR count). The van der Waals surface area contributed by atoms with Crippen molar-refractivity contribution >= 4 is 0 Å². The molecule has 2 atom stereocenters. The Bertz CT molecular complexity index is 130. The van der Waals surface area contributed by atoms with E-state index in [0.29, 0.717) is 12.0 Å². The Balaban J connectivity index is 2.27. The maximum atomic E-state index is 5.93.